The van der Waals surface area contributed by atoms with E-state index in [0.29, 0.717) is 0 Å². The molecule has 1 unspecified atom stereocenters. The van der Waals surface area contributed by atoms with Gasteiger partial charge in [0, 0.05) is 4.47 Å². The third-order valence-corrected chi connectivity index (χ3v) is 5.61. The Bertz CT molecular complexity index is 551. The van der Waals surface area contributed by atoms with Crippen molar-refractivity contribution in [3.05, 3.63) is 53.0 Å². The second-order valence-electron chi connectivity index (χ2n) is 3.78. The first-order valence-electron chi connectivity index (χ1n) is 4.95. The molecule has 0 aliphatic rings. The number of halogens is 3. The highest BCUT2D eigenvalue weighted by Crippen LogP contribution is 2.38. The fourth-order valence-electron chi connectivity index (χ4n) is 1.63. The molecule has 1 heterocycles. The average molecular weight is 440 g/mol. The maximum atomic E-state index is 6.33. The van der Waals surface area contributed by atoms with Crippen LogP contribution in [-0.4, -0.2) is 0 Å². The number of nitrogens with two attached hydrogens (primary N) is 1. The minimum absolute atomic E-state index is 0.124. The van der Waals surface area contributed by atoms with E-state index >= 15 is 0 Å². The molecule has 90 valence electrons. The van der Waals surface area contributed by atoms with Gasteiger partial charge < -0.3 is 5.73 Å². The van der Waals surface area contributed by atoms with Gasteiger partial charge in [0.25, 0.3) is 0 Å². The molecule has 0 bridgehead atoms. The highest BCUT2D eigenvalue weighted by Gasteiger charge is 2.17. The third kappa shape index (κ3) is 3.01. The van der Waals surface area contributed by atoms with Gasteiger partial charge in [0.15, 0.2) is 0 Å². The fraction of sp³-hybridized carbons (Fsp3) is 0.167. The zero-order chi connectivity index (χ0) is 12.6. The highest BCUT2D eigenvalue weighted by molar-refractivity contribution is 9.12. The van der Waals surface area contributed by atoms with Gasteiger partial charge in [-0.05, 0) is 62.0 Å². The Hall–Kier alpha value is 0.320. The van der Waals surface area contributed by atoms with Crippen LogP contribution in [0.25, 0.3) is 0 Å². The first-order chi connectivity index (χ1) is 7.99. The van der Waals surface area contributed by atoms with E-state index in [1.54, 1.807) is 11.3 Å². The second-order valence-corrected chi connectivity index (χ2v) is 8.39. The molecule has 2 rings (SSSR count). The van der Waals surface area contributed by atoms with Crippen LogP contribution < -0.4 is 5.73 Å². The molecule has 0 saturated carbocycles. The van der Waals surface area contributed by atoms with Crippen LogP contribution in [-0.2, 0) is 0 Å². The molecule has 0 radical (unpaired) electrons. The van der Waals surface area contributed by atoms with E-state index in [-0.39, 0.29) is 6.04 Å². The van der Waals surface area contributed by atoms with Crippen molar-refractivity contribution in [2.24, 2.45) is 5.73 Å². The molecule has 1 aromatic heterocycles. The van der Waals surface area contributed by atoms with Crippen LogP contribution in [0.1, 0.15) is 22.7 Å². The van der Waals surface area contributed by atoms with E-state index in [1.165, 1.54) is 5.56 Å². The maximum Gasteiger partial charge on any atom is 0.0761 e. The van der Waals surface area contributed by atoms with Crippen molar-refractivity contribution < 1.29 is 0 Å². The van der Waals surface area contributed by atoms with Gasteiger partial charge in [0.05, 0.1) is 13.6 Å². The SMILES string of the molecule is Cc1ccc(Br)c(C(N)c2cc(Br)sc2Br)c1. The lowest BCUT2D eigenvalue weighted by Crippen LogP contribution is -2.12. The van der Waals surface area contributed by atoms with Crippen molar-refractivity contribution >= 4 is 59.1 Å². The summed E-state index contributed by atoms with van der Waals surface area (Å²) in [5.41, 5.74) is 9.75. The summed E-state index contributed by atoms with van der Waals surface area (Å²) in [6, 6.07) is 8.17. The first-order valence-corrected chi connectivity index (χ1v) is 8.15. The van der Waals surface area contributed by atoms with Gasteiger partial charge in [-0.1, -0.05) is 33.6 Å². The molecule has 2 N–H and O–H groups in total. The Morgan fingerprint density at radius 2 is 1.82 bits per heavy atom. The van der Waals surface area contributed by atoms with Crippen LogP contribution >= 0.6 is 59.1 Å². The minimum Gasteiger partial charge on any atom is -0.320 e. The van der Waals surface area contributed by atoms with Crippen molar-refractivity contribution in [1.29, 1.82) is 0 Å². The molecule has 0 aliphatic heterocycles. The van der Waals surface area contributed by atoms with Gasteiger partial charge in [0.2, 0.25) is 0 Å². The normalized spacial score (nSPS) is 12.8. The number of aryl methyl sites for hydroxylation is 1. The van der Waals surface area contributed by atoms with Gasteiger partial charge in [-0.3, -0.25) is 0 Å². The fourth-order valence-corrected chi connectivity index (χ4v) is 5.06. The molecule has 0 aliphatic carbocycles. The molecule has 5 heteroatoms. The Morgan fingerprint density at radius 3 is 2.41 bits per heavy atom. The Morgan fingerprint density at radius 1 is 1.12 bits per heavy atom. The monoisotopic (exact) mass is 437 g/mol. The first kappa shape index (κ1) is 13.7. The zero-order valence-electron chi connectivity index (χ0n) is 9.01. The van der Waals surface area contributed by atoms with E-state index < -0.39 is 0 Å². The summed E-state index contributed by atoms with van der Waals surface area (Å²) in [5, 5.41) is 0. The Labute approximate surface area is 130 Å². The molecule has 1 aromatic carbocycles. The van der Waals surface area contributed by atoms with Gasteiger partial charge in [0.1, 0.15) is 0 Å². The van der Waals surface area contributed by atoms with Crippen LogP contribution in [0.4, 0.5) is 0 Å². The number of hydrogen-bond acceptors (Lipinski definition) is 2. The Kier molecular flexibility index (Phi) is 4.47. The molecular weight excluding hydrogens is 430 g/mol. The predicted octanol–water partition coefficient (Wildman–Crippen LogP) is 5.39. The van der Waals surface area contributed by atoms with E-state index in [9.17, 15) is 0 Å². The van der Waals surface area contributed by atoms with E-state index in [4.69, 9.17) is 5.73 Å². The lowest BCUT2D eigenvalue weighted by molar-refractivity contribution is 0.864. The minimum atomic E-state index is -0.124. The third-order valence-electron chi connectivity index (χ3n) is 2.50. The molecule has 0 saturated heterocycles. The number of rotatable bonds is 2. The summed E-state index contributed by atoms with van der Waals surface area (Å²) in [4.78, 5) is 0. The Balaban J connectivity index is 2.46. The topological polar surface area (TPSA) is 26.0 Å². The van der Waals surface area contributed by atoms with Crippen LogP contribution in [0.15, 0.2) is 36.3 Å². The lowest BCUT2D eigenvalue weighted by Gasteiger charge is -2.14. The second kappa shape index (κ2) is 5.53. The summed E-state index contributed by atoms with van der Waals surface area (Å²) >= 11 is 12.2. The summed E-state index contributed by atoms with van der Waals surface area (Å²) in [5.74, 6) is 0. The van der Waals surface area contributed by atoms with Gasteiger partial charge in [-0.15, -0.1) is 11.3 Å². The van der Waals surface area contributed by atoms with Crippen molar-refractivity contribution in [2.45, 2.75) is 13.0 Å². The number of thiophene rings is 1. The number of benzene rings is 1. The predicted molar refractivity (Wildman–Crippen MR) is 84.6 cm³/mol. The van der Waals surface area contributed by atoms with Crippen molar-refractivity contribution in [1.82, 2.24) is 0 Å². The molecular formula is C12H10Br3NS. The van der Waals surface area contributed by atoms with Crippen molar-refractivity contribution in [3.8, 4) is 0 Å². The van der Waals surface area contributed by atoms with Crippen LogP contribution in [0.2, 0.25) is 0 Å². The lowest BCUT2D eigenvalue weighted by atomic mass is 10.0. The number of hydrogen-bond donors (Lipinski definition) is 1. The van der Waals surface area contributed by atoms with Gasteiger partial charge >= 0.3 is 0 Å². The summed E-state index contributed by atoms with van der Waals surface area (Å²) in [7, 11) is 0. The summed E-state index contributed by atoms with van der Waals surface area (Å²) < 4.78 is 3.20. The smallest absolute Gasteiger partial charge is 0.0761 e. The molecule has 0 spiro atoms. The van der Waals surface area contributed by atoms with Gasteiger partial charge in [-0.25, -0.2) is 0 Å². The van der Waals surface area contributed by atoms with Crippen molar-refractivity contribution in [2.75, 3.05) is 0 Å². The van der Waals surface area contributed by atoms with Crippen molar-refractivity contribution in [3.63, 3.8) is 0 Å². The summed E-state index contributed by atoms with van der Waals surface area (Å²) in [6.07, 6.45) is 0. The maximum absolute atomic E-state index is 6.33. The van der Waals surface area contributed by atoms with E-state index in [0.717, 1.165) is 23.2 Å². The largest absolute Gasteiger partial charge is 0.320 e. The zero-order valence-corrected chi connectivity index (χ0v) is 14.6. The van der Waals surface area contributed by atoms with E-state index in [1.807, 2.05) is 6.07 Å². The summed E-state index contributed by atoms with van der Waals surface area (Å²) in [6.45, 7) is 2.07. The molecule has 1 nitrogen and oxygen atoms in total. The molecule has 1 atom stereocenters. The molecule has 0 fully saturated rings. The van der Waals surface area contributed by atoms with Crippen LogP contribution in [0.5, 0.6) is 0 Å². The molecule has 0 amide bonds. The molecule has 2 aromatic rings. The quantitative estimate of drug-likeness (QED) is 0.666. The van der Waals surface area contributed by atoms with Crippen LogP contribution in [0, 0.1) is 6.92 Å². The van der Waals surface area contributed by atoms with Gasteiger partial charge in [-0.2, -0.15) is 0 Å². The van der Waals surface area contributed by atoms with Crippen LogP contribution in [0.3, 0.4) is 0 Å². The standard InChI is InChI=1S/C12H10Br3NS/c1-6-2-3-9(13)7(4-6)11(16)8-5-10(14)17-12(8)15/h2-5,11H,16H2,1H3. The average Bonchev–Trinajstić information content (AvgIpc) is 2.60. The van der Waals surface area contributed by atoms with E-state index in [2.05, 4.69) is 72.9 Å². The molecule has 17 heavy (non-hydrogen) atoms. The highest BCUT2D eigenvalue weighted by atomic mass is 79.9.